The van der Waals surface area contributed by atoms with Crippen molar-refractivity contribution in [1.82, 2.24) is 4.57 Å². The summed E-state index contributed by atoms with van der Waals surface area (Å²) in [6.45, 7) is 0.676. The third kappa shape index (κ3) is 3.66. The van der Waals surface area contributed by atoms with Gasteiger partial charge in [-0.25, -0.2) is 4.79 Å². The molecule has 0 N–H and O–H groups in total. The predicted molar refractivity (Wildman–Crippen MR) is 132 cm³/mol. The molecule has 0 atom stereocenters. The lowest BCUT2D eigenvalue weighted by atomic mass is 9.95. The zero-order valence-electron chi connectivity index (χ0n) is 19.1. The van der Waals surface area contributed by atoms with Gasteiger partial charge in [-0.3, -0.25) is 0 Å². The molecule has 5 rings (SSSR count). The number of rotatable bonds is 6. The molecule has 0 aliphatic carbocycles. The fourth-order valence-electron chi connectivity index (χ4n) is 4.35. The zero-order valence-corrected chi connectivity index (χ0v) is 19.9. The van der Waals surface area contributed by atoms with E-state index in [2.05, 4.69) is 14.8 Å². The van der Waals surface area contributed by atoms with Crippen LogP contribution in [0.5, 0.6) is 11.5 Å². The van der Waals surface area contributed by atoms with Crippen LogP contribution in [0, 0.1) is 0 Å². The summed E-state index contributed by atoms with van der Waals surface area (Å²) < 4.78 is 18.5. The second-order valence-corrected chi connectivity index (χ2v) is 8.64. The van der Waals surface area contributed by atoms with Crippen molar-refractivity contribution in [3.05, 3.63) is 71.1 Å². The minimum Gasteiger partial charge on any atom is -0.493 e. The van der Waals surface area contributed by atoms with Gasteiger partial charge in [0.25, 0.3) is 0 Å². The Morgan fingerprint density at radius 3 is 2.38 bits per heavy atom. The van der Waals surface area contributed by atoms with Crippen LogP contribution in [-0.4, -0.2) is 31.9 Å². The van der Waals surface area contributed by atoms with Gasteiger partial charge >= 0.3 is 5.97 Å². The van der Waals surface area contributed by atoms with Crippen LogP contribution in [-0.2, 0) is 17.7 Å². The van der Waals surface area contributed by atoms with Crippen LogP contribution in [0.4, 0.5) is 11.4 Å². The van der Waals surface area contributed by atoms with Gasteiger partial charge in [0.2, 0.25) is 0 Å². The highest BCUT2D eigenvalue weighted by Gasteiger charge is 2.34. The van der Waals surface area contributed by atoms with Gasteiger partial charge in [0, 0.05) is 12.1 Å². The number of esters is 1. The van der Waals surface area contributed by atoms with Gasteiger partial charge in [0.1, 0.15) is 11.3 Å². The average molecular weight is 474 g/mol. The van der Waals surface area contributed by atoms with E-state index < -0.39 is 5.97 Å². The number of thiophene rings is 1. The Morgan fingerprint density at radius 2 is 1.71 bits per heavy atom. The maximum atomic E-state index is 13.2. The molecule has 0 fully saturated rings. The molecule has 7 nitrogen and oxygen atoms in total. The SMILES string of the molecule is COC(=O)c1c(N=Nc2ccccc2)c(-c2cccs2)n2c1-c1cc(OC)c(OC)cc1CC2. The number of azo groups is 1. The van der Waals surface area contributed by atoms with Gasteiger partial charge in [0.05, 0.1) is 43.3 Å². The Hall–Kier alpha value is -3.91. The van der Waals surface area contributed by atoms with Crippen LogP contribution >= 0.6 is 11.3 Å². The third-order valence-corrected chi connectivity index (χ3v) is 6.75. The van der Waals surface area contributed by atoms with E-state index in [1.165, 1.54) is 7.11 Å². The van der Waals surface area contributed by atoms with E-state index in [0.29, 0.717) is 35.0 Å². The van der Waals surface area contributed by atoms with Crippen molar-refractivity contribution in [2.45, 2.75) is 13.0 Å². The number of fused-ring (bicyclic) bond motifs is 3. The summed E-state index contributed by atoms with van der Waals surface area (Å²) >= 11 is 1.59. The van der Waals surface area contributed by atoms with Gasteiger partial charge < -0.3 is 18.8 Å². The maximum Gasteiger partial charge on any atom is 0.342 e. The minimum absolute atomic E-state index is 0.388. The van der Waals surface area contributed by atoms with Crippen molar-refractivity contribution < 1.29 is 19.0 Å². The highest BCUT2D eigenvalue weighted by Crippen LogP contribution is 2.49. The first kappa shape index (κ1) is 21.9. The summed E-state index contributed by atoms with van der Waals surface area (Å²) in [4.78, 5) is 14.2. The van der Waals surface area contributed by atoms with Crippen molar-refractivity contribution >= 4 is 28.7 Å². The van der Waals surface area contributed by atoms with Crippen LogP contribution in [0.15, 0.2) is 70.2 Å². The largest absolute Gasteiger partial charge is 0.493 e. The van der Waals surface area contributed by atoms with E-state index in [1.54, 1.807) is 25.6 Å². The molecule has 0 spiro atoms. The number of nitrogens with zero attached hydrogens (tertiary/aromatic N) is 3. The molecule has 1 aliphatic heterocycles. The summed E-state index contributed by atoms with van der Waals surface area (Å²) in [6, 6.07) is 17.4. The first-order valence-corrected chi connectivity index (χ1v) is 11.6. The van der Waals surface area contributed by atoms with Crippen LogP contribution in [0.25, 0.3) is 21.8 Å². The fraction of sp³-hybridized carbons (Fsp3) is 0.192. The molecular weight excluding hydrogens is 450 g/mol. The lowest BCUT2D eigenvalue weighted by Gasteiger charge is -2.23. The number of hydrogen-bond acceptors (Lipinski definition) is 7. The van der Waals surface area contributed by atoms with E-state index in [0.717, 1.165) is 33.8 Å². The van der Waals surface area contributed by atoms with Crippen LogP contribution in [0.2, 0.25) is 0 Å². The molecular formula is C26H23N3O4S. The lowest BCUT2D eigenvalue weighted by Crippen LogP contribution is -2.14. The molecule has 3 heterocycles. The molecule has 34 heavy (non-hydrogen) atoms. The second-order valence-electron chi connectivity index (χ2n) is 7.69. The average Bonchev–Trinajstić information content (AvgIpc) is 3.52. The number of ether oxygens (including phenoxy) is 3. The molecule has 0 bridgehead atoms. The Balaban J connectivity index is 1.82. The van der Waals surface area contributed by atoms with Gasteiger partial charge in [-0.1, -0.05) is 24.3 Å². The van der Waals surface area contributed by atoms with Crippen LogP contribution in [0.1, 0.15) is 15.9 Å². The molecule has 0 saturated heterocycles. The standard InChI is InChI=1S/C26H23N3O4S/c1-31-19-14-16-11-12-29-24(18(16)15-20(19)32-2)22(26(30)33-3)23(25(29)21-10-7-13-34-21)28-27-17-8-5-4-6-9-17/h4-10,13-15H,11-12H2,1-3H3. The van der Waals surface area contributed by atoms with E-state index >= 15 is 0 Å². The molecule has 0 amide bonds. The molecule has 1 aliphatic rings. The molecule has 172 valence electrons. The quantitative estimate of drug-likeness (QED) is 0.232. The first-order valence-electron chi connectivity index (χ1n) is 10.8. The van der Waals surface area contributed by atoms with Gasteiger partial charge in [-0.15, -0.1) is 16.5 Å². The minimum atomic E-state index is -0.462. The summed E-state index contributed by atoms with van der Waals surface area (Å²) in [5, 5.41) is 11.1. The van der Waals surface area contributed by atoms with E-state index in [-0.39, 0.29) is 0 Å². The van der Waals surface area contributed by atoms with Crippen molar-refractivity contribution in [3.8, 4) is 33.3 Å². The zero-order chi connectivity index (χ0) is 23.7. The number of methoxy groups -OCH3 is 3. The number of hydrogen-bond donors (Lipinski definition) is 0. The van der Waals surface area contributed by atoms with Gasteiger partial charge in [-0.2, -0.15) is 5.11 Å². The van der Waals surface area contributed by atoms with E-state index in [1.807, 2.05) is 60.0 Å². The molecule has 0 radical (unpaired) electrons. The lowest BCUT2D eigenvalue weighted by molar-refractivity contribution is 0.0602. The van der Waals surface area contributed by atoms with Gasteiger partial charge in [-0.05, 0) is 47.7 Å². The smallest absolute Gasteiger partial charge is 0.342 e. The van der Waals surface area contributed by atoms with Crippen molar-refractivity contribution in [1.29, 1.82) is 0 Å². The Labute approximate surface area is 201 Å². The van der Waals surface area contributed by atoms with Crippen molar-refractivity contribution in [3.63, 3.8) is 0 Å². The molecule has 4 aromatic rings. The molecule has 0 unspecified atom stereocenters. The second kappa shape index (κ2) is 9.15. The highest BCUT2D eigenvalue weighted by atomic mass is 32.1. The number of carbonyl (C=O) groups excluding carboxylic acids is 1. The fourth-order valence-corrected chi connectivity index (χ4v) is 5.13. The number of aromatic nitrogens is 1. The summed E-state index contributed by atoms with van der Waals surface area (Å²) in [5.74, 6) is 0.788. The first-order chi connectivity index (χ1) is 16.7. The Kier molecular flexibility index (Phi) is 5.90. The predicted octanol–water partition coefficient (Wildman–Crippen LogP) is 6.66. The summed E-state index contributed by atoms with van der Waals surface area (Å²) in [5.41, 5.74) is 5.14. The number of benzene rings is 2. The van der Waals surface area contributed by atoms with Crippen molar-refractivity contribution in [2.75, 3.05) is 21.3 Å². The van der Waals surface area contributed by atoms with Crippen LogP contribution < -0.4 is 9.47 Å². The maximum absolute atomic E-state index is 13.2. The van der Waals surface area contributed by atoms with E-state index in [4.69, 9.17) is 14.2 Å². The Bertz CT molecular complexity index is 1380. The Morgan fingerprint density at radius 1 is 0.941 bits per heavy atom. The molecule has 2 aromatic heterocycles. The van der Waals surface area contributed by atoms with Crippen molar-refractivity contribution in [2.24, 2.45) is 10.2 Å². The molecule has 2 aromatic carbocycles. The van der Waals surface area contributed by atoms with E-state index in [9.17, 15) is 4.79 Å². The molecule has 0 saturated carbocycles. The third-order valence-electron chi connectivity index (χ3n) is 5.87. The topological polar surface area (TPSA) is 74.4 Å². The van der Waals surface area contributed by atoms with Gasteiger partial charge in [0.15, 0.2) is 11.5 Å². The summed E-state index contributed by atoms with van der Waals surface area (Å²) in [6.07, 6.45) is 0.769. The number of carbonyl (C=O) groups is 1. The molecule has 8 heteroatoms. The monoisotopic (exact) mass is 473 g/mol. The number of aryl methyl sites for hydroxylation is 1. The normalized spacial score (nSPS) is 12.3. The summed E-state index contributed by atoms with van der Waals surface area (Å²) in [7, 11) is 4.60. The highest BCUT2D eigenvalue weighted by molar-refractivity contribution is 7.13. The van der Waals surface area contributed by atoms with Crippen LogP contribution in [0.3, 0.4) is 0 Å².